The normalized spacial score (nSPS) is 17.4. The number of aromatic nitrogens is 6. The van der Waals surface area contributed by atoms with Gasteiger partial charge in [0.25, 0.3) is 5.91 Å². The summed E-state index contributed by atoms with van der Waals surface area (Å²) in [4.78, 5) is 17.5. The summed E-state index contributed by atoms with van der Waals surface area (Å²) in [6, 6.07) is 5.65. The van der Waals surface area contributed by atoms with E-state index in [4.69, 9.17) is 4.74 Å². The molecule has 30 heavy (non-hydrogen) atoms. The zero-order valence-corrected chi connectivity index (χ0v) is 16.7. The van der Waals surface area contributed by atoms with Gasteiger partial charge >= 0.3 is 0 Å². The molecule has 0 radical (unpaired) electrons. The van der Waals surface area contributed by atoms with Gasteiger partial charge < -0.3 is 15.0 Å². The Morgan fingerprint density at radius 3 is 3.00 bits per heavy atom. The molecule has 0 bridgehead atoms. The standard InChI is InChI=1S/C19H23N9O2/c1-13-16(18(29)21-15-2-3-17-14(10-15)11-20-22-17)12-28-19(23-24-25-28)27(13)5-4-26-6-8-30-9-7-26/h2-3,10-11H,4-9,12H2,1H3,(H,20,22)(H,21,29). The molecule has 2 aliphatic rings. The first-order valence-electron chi connectivity index (χ1n) is 9.97. The molecule has 3 aromatic rings. The lowest BCUT2D eigenvalue weighted by atomic mass is 10.1. The lowest BCUT2D eigenvalue weighted by Crippen LogP contribution is -2.43. The number of benzene rings is 1. The average molecular weight is 409 g/mol. The van der Waals surface area contributed by atoms with Crippen molar-refractivity contribution in [1.29, 1.82) is 0 Å². The fourth-order valence-electron chi connectivity index (χ4n) is 3.87. The predicted octanol–water partition coefficient (Wildman–Crippen LogP) is 0.614. The first-order valence-corrected chi connectivity index (χ1v) is 9.97. The quantitative estimate of drug-likeness (QED) is 0.630. The first-order chi connectivity index (χ1) is 14.7. The van der Waals surface area contributed by atoms with Gasteiger partial charge in [-0.2, -0.15) is 5.10 Å². The third-order valence-electron chi connectivity index (χ3n) is 5.62. The third kappa shape index (κ3) is 3.53. The van der Waals surface area contributed by atoms with Crippen molar-refractivity contribution in [3.05, 3.63) is 35.7 Å². The number of ether oxygens (including phenoxy) is 1. The molecule has 1 aromatic carbocycles. The zero-order valence-electron chi connectivity index (χ0n) is 16.7. The van der Waals surface area contributed by atoms with Crippen LogP contribution in [0.15, 0.2) is 35.7 Å². The number of nitrogens with zero attached hydrogens (tertiary/aromatic N) is 7. The number of amides is 1. The van der Waals surface area contributed by atoms with Gasteiger partial charge in [0.2, 0.25) is 5.95 Å². The molecular weight excluding hydrogens is 386 g/mol. The molecule has 2 aliphatic heterocycles. The fraction of sp³-hybridized carbons (Fsp3) is 0.421. The van der Waals surface area contributed by atoms with Crippen molar-refractivity contribution in [3.63, 3.8) is 0 Å². The smallest absolute Gasteiger partial charge is 0.255 e. The van der Waals surface area contributed by atoms with Crippen LogP contribution in [-0.2, 0) is 16.1 Å². The van der Waals surface area contributed by atoms with Crippen LogP contribution in [0.25, 0.3) is 10.9 Å². The summed E-state index contributed by atoms with van der Waals surface area (Å²) < 4.78 is 7.09. The Morgan fingerprint density at radius 1 is 1.27 bits per heavy atom. The summed E-state index contributed by atoms with van der Waals surface area (Å²) >= 11 is 0. The number of anilines is 2. The van der Waals surface area contributed by atoms with Crippen molar-refractivity contribution in [1.82, 2.24) is 35.3 Å². The van der Waals surface area contributed by atoms with Gasteiger partial charge in [0.15, 0.2) is 0 Å². The zero-order chi connectivity index (χ0) is 20.5. The molecule has 156 valence electrons. The average Bonchev–Trinajstić information content (AvgIpc) is 3.42. The molecule has 1 fully saturated rings. The molecular formula is C19H23N9O2. The van der Waals surface area contributed by atoms with Gasteiger partial charge in [-0.15, -0.1) is 0 Å². The molecule has 4 heterocycles. The van der Waals surface area contributed by atoms with E-state index < -0.39 is 0 Å². The highest BCUT2D eigenvalue weighted by Gasteiger charge is 2.29. The van der Waals surface area contributed by atoms with Gasteiger partial charge in [-0.05, 0) is 35.5 Å². The molecule has 0 saturated carbocycles. The van der Waals surface area contributed by atoms with E-state index in [1.807, 2.05) is 30.0 Å². The molecule has 11 heteroatoms. The van der Waals surface area contributed by atoms with Crippen LogP contribution in [0, 0.1) is 0 Å². The van der Waals surface area contributed by atoms with Gasteiger partial charge in [-0.25, -0.2) is 4.68 Å². The Balaban J connectivity index is 1.36. The minimum atomic E-state index is -0.159. The molecule has 2 N–H and O–H groups in total. The summed E-state index contributed by atoms with van der Waals surface area (Å²) in [7, 11) is 0. The van der Waals surface area contributed by atoms with E-state index in [1.54, 1.807) is 10.9 Å². The topological polar surface area (TPSA) is 117 Å². The Hall–Kier alpha value is -3.31. The Labute approximate surface area is 172 Å². The monoisotopic (exact) mass is 409 g/mol. The summed E-state index contributed by atoms with van der Waals surface area (Å²) in [5.41, 5.74) is 3.15. The van der Waals surface area contributed by atoms with Crippen LogP contribution in [-0.4, -0.2) is 80.6 Å². The first kappa shape index (κ1) is 18.7. The van der Waals surface area contributed by atoms with E-state index in [-0.39, 0.29) is 5.91 Å². The fourth-order valence-corrected chi connectivity index (χ4v) is 3.87. The molecule has 0 atom stereocenters. The second-order valence-electron chi connectivity index (χ2n) is 7.43. The molecule has 2 aromatic heterocycles. The molecule has 1 amide bonds. The van der Waals surface area contributed by atoms with Crippen LogP contribution in [0.4, 0.5) is 11.6 Å². The number of carbonyl (C=O) groups is 1. The Bertz CT molecular complexity index is 1100. The van der Waals surface area contributed by atoms with Gasteiger partial charge in [-0.3, -0.25) is 14.8 Å². The maximum atomic E-state index is 13.1. The Morgan fingerprint density at radius 2 is 2.13 bits per heavy atom. The highest BCUT2D eigenvalue weighted by molar-refractivity contribution is 6.05. The van der Waals surface area contributed by atoms with Crippen LogP contribution in [0.1, 0.15) is 6.92 Å². The molecule has 0 aliphatic carbocycles. The van der Waals surface area contributed by atoms with Crippen LogP contribution in [0.3, 0.4) is 0 Å². The van der Waals surface area contributed by atoms with E-state index in [1.165, 1.54) is 0 Å². The SMILES string of the molecule is CC1=C(C(=O)Nc2ccc3[nH]ncc3c2)Cn2nnnc2N1CCN1CCOCC1. The number of allylic oxidation sites excluding steroid dienone is 1. The molecule has 0 unspecified atom stereocenters. The maximum absolute atomic E-state index is 13.1. The number of hydrogen-bond donors (Lipinski definition) is 2. The van der Waals surface area contributed by atoms with Crippen LogP contribution in [0.5, 0.6) is 0 Å². The summed E-state index contributed by atoms with van der Waals surface area (Å²) in [5.74, 6) is 0.505. The van der Waals surface area contributed by atoms with Gasteiger partial charge in [0, 0.05) is 42.9 Å². The van der Waals surface area contributed by atoms with E-state index in [0.717, 1.165) is 55.1 Å². The van der Waals surface area contributed by atoms with Crippen LogP contribution < -0.4 is 10.2 Å². The molecule has 0 spiro atoms. The van der Waals surface area contributed by atoms with Crippen molar-refractivity contribution < 1.29 is 9.53 Å². The number of fused-ring (bicyclic) bond motifs is 2. The van der Waals surface area contributed by atoms with Gasteiger partial charge in [0.1, 0.15) is 0 Å². The number of hydrogen-bond acceptors (Lipinski definition) is 8. The van der Waals surface area contributed by atoms with Crippen molar-refractivity contribution in [2.24, 2.45) is 0 Å². The predicted molar refractivity (Wildman–Crippen MR) is 110 cm³/mol. The summed E-state index contributed by atoms with van der Waals surface area (Å²) in [5, 5.41) is 22.9. The van der Waals surface area contributed by atoms with E-state index in [0.29, 0.717) is 24.6 Å². The van der Waals surface area contributed by atoms with Gasteiger partial charge in [-0.1, -0.05) is 5.10 Å². The molecule has 11 nitrogen and oxygen atoms in total. The second kappa shape index (κ2) is 7.84. The lowest BCUT2D eigenvalue weighted by Gasteiger charge is -2.33. The van der Waals surface area contributed by atoms with E-state index in [2.05, 4.69) is 35.9 Å². The number of carbonyl (C=O) groups excluding carboxylic acids is 1. The number of morpholine rings is 1. The van der Waals surface area contributed by atoms with Crippen molar-refractivity contribution >= 4 is 28.4 Å². The summed E-state index contributed by atoms with van der Waals surface area (Å²) in [6.45, 7) is 7.15. The summed E-state index contributed by atoms with van der Waals surface area (Å²) in [6.07, 6.45) is 1.73. The lowest BCUT2D eigenvalue weighted by molar-refractivity contribution is -0.113. The van der Waals surface area contributed by atoms with Crippen LogP contribution >= 0.6 is 0 Å². The number of nitrogens with one attached hydrogen (secondary N) is 2. The van der Waals surface area contributed by atoms with Crippen molar-refractivity contribution in [2.45, 2.75) is 13.5 Å². The van der Waals surface area contributed by atoms with Crippen molar-refractivity contribution in [2.75, 3.05) is 49.6 Å². The van der Waals surface area contributed by atoms with E-state index in [9.17, 15) is 4.79 Å². The number of rotatable bonds is 5. The third-order valence-corrected chi connectivity index (χ3v) is 5.62. The van der Waals surface area contributed by atoms with Gasteiger partial charge in [0.05, 0.1) is 37.0 Å². The maximum Gasteiger partial charge on any atom is 0.255 e. The highest BCUT2D eigenvalue weighted by Crippen LogP contribution is 2.26. The van der Waals surface area contributed by atoms with E-state index >= 15 is 0 Å². The minimum absolute atomic E-state index is 0.159. The largest absolute Gasteiger partial charge is 0.379 e. The van der Waals surface area contributed by atoms with Crippen molar-refractivity contribution in [3.8, 4) is 0 Å². The second-order valence-corrected chi connectivity index (χ2v) is 7.43. The molecule has 5 rings (SSSR count). The number of aromatic amines is 1. The Kier molecular flexibility index (Phi) is 4.89. The number of tetrazole rings is 1. The highest BCUT2D eigenvalue weighted by atomic mass is 16.5. The molecule has 1 saturated heterocycles. The number of H-pyrrole nitrogens is 1. The van der Waals surface area contributed by atoms with Crippen LogP contribution in [0.2, 0.25) is 0 Å². The minimum Gasteiger partial charge on any atom is -0.379 e.